The third-order valence-electron chi connectivity index (χ3n) is 5.75. The van der Waals surface area contributed by atoms with Gasteiger partial charge in [0.15, 0.2) is 23.0 Å². The molecule has 0 amide bonds. The molecule has 0 saturated carbocycles. The van der Waals surface area contributed by atoms with E-state index in [2.05, 4.69) is 77.7 Å². The lowest BCUT2D eigenvalue weighted by molar-refractivity contribution is 0.359. The number of rotatable bonds is 3. The van der Waals surface area contributed by atoms with Crippen molar-refractivity contribution in [3.8, 4) is 23.0 Å². The van der Waals surface area contributed by atoms with Gasteiger partial charge in [0.05, 0.1) is 11.4 Å². The van der Waals surface area contributed by atoms with Crippen LogP contribution in [0.15, 0.2) is 109 Å². The molecule has 6 rings (SSSR count). The monoisotopic (exact) mass is 445 g/mol. The fourth-order valence-electron chi connectivity index (χ4n) is 4.22. The molecule has 0 radical (unpaired) electrons. The Balaban J connectivity index is 0.00000117. The quantitative estimate of drug-likeness (QED) is 0.271. The summed E-state index contributed by atoms with van der Waals surface area (Å²) in [6, 6.07) is 37.4. The van der Waals surface area contributed by atoms with Gasteiger partial charge in [-0.15, -0.1) is 0 Å². The van der Waals surface area contributed by atoms with Gasteiger partial charge in [0.25, 0.3) is 0 Å². The molecule has 0 atom stereocenters. The smallest absolute Gasteiger partial charge is 0.172 e. The molecule has 5 aromatic rings. The molecule has 1 aliphatic heterocycles. The van der Waals surface area contributed by atoms with Crippen molar-refractivity contribution in [1.29, 1.82) is 0 Å². The highest BCUT2D eigenvalue weighted by atomic mass is 16.6. The molecule has 3 nitrogen and oxygen atoms in total. The summed E-state index contributed by atoms with van der Waals surface area (Å²) in [4.78, 5) is 2.26. The van der Waals surface area contributed by atoms with E-state index in [0.29, 0.717) is 5.75 Å². The second kappa shape index (κ2) is 9.32. The van der Waals surface area contributed by atoms with Gasteiger partial charge in [-0.05, 0) is 60.3 Å². The minimum atomic E-state index is 0.708. The van der Waals surface area contributed by atoms with Crippen molar-refractivity contribution in [3.63, 3.8) is 0 Å². The molecule has 0 unspecified atom stereocenters. The predicted octanol–water partition coefficient (Wildman–Crippen LogP) is 9.54. The Labute approximate surface area is 200 Å². The lowest BCUT2D eigenvalue weighted by Gasteiger charge is -2.28. The first-order valence-corrected chi connectivity index (χ1v) is 11.7. The highest BCUT2D eigenvalue weighted by molar-refractivity contribution is 5.99. The lowest BCUT2D eigenvalue weighted by atomic mass is 10.1. The summed E-state index contributed by atoms with van der Waals surface area (Å²) in [5.74, 6) is 2.91. The average molecular weight is 446 g/mol. The molecule has 0 aromatic heterocycles. The molecule has 1 heterocycles. The van der Waals surface area contributed by atoms with Crippen LogP contribution >= 0.6 is 0 Å². The van der Waals surface area contributed by atoms with Crippen LogP contribution < -0.4 is 14.4 Å². The fourth-order valence-corrected chi connectivity index (χ4v) is 4.22. The lowest BCUT2D eigenvalue weighted by Crippen LogP contribution is -2.11. The number of fused-ring (bicyclic) bond motifs is 3. The van der Waals surface area contributed by atoms with Crippen LogP contribution in [0.2, 0.25) is 0 Å². The van der Waals surface area contributed by atoms with Crippen molar-refractivity contribution in [2.75, 3.05) is 4.90 Å². The standard InChI is InChI=1S/C29H21NO2.C2H6/c1-20-14-16-26-28(18-20)31-27-17-15-23(19-29(27)32-26)30(22-10-3-2-4-11-22)25-13-7-9-21-8-5-6-12-24(21)25;1-2/h2-19H,1H3;1-2H3. The normalized spacial score (nSPS) is 11.3. The number of anilines is 3. The van der Waals surface area contributed by atoms with Crippen LogP contribution in [0.5, 0.6) is 23.0 Å². The number of benzene rings is 5. The third kappa shape index (κ3) is 3.97. The Hall–Kier alpha value is -4.24. The topological polar surface area (TPSA) is 21.7 Å². The molecule has 0 bridgehead atoms. The Bertz CT molecular complexity index is 1440. The van der Waals surface area contributed by atoms with Crippen LogP contribution in [-0.2, 0) is 0 Å². The van der Waals surface area contributed by atoms with Crippen molar-refractivity contribution in [2.45, 2.75) is 20.8 Å². The Kier molecular flexibility index (Phi) is 5.92. The summed E-state index contributed by atoms with van der Waals surface area (Å²) < 4.78 is 12.4. The van der Waals surface area contributed by atoms with Gasteiger partial charge in [-0.1, -0.05) is 74.5 Å². The summed E-state index contributed by atoms with van der Waals surface area (Å²) in [7, 11) is 0. The van der Waals surface area contributed by atoms with E-state index in [1.807, 2.05) is 57.2 Å². The fraction of sp³-hybridized carbons (Fsp3) is 0.0968. The van der Waals surface area contributed by atoms with Gasteiger partial charge in [-0.2, -0.15) is 0 Å². The molecule has 34 heavy (non-hydrogen) atoms. The van der Waals surface area contributed by atoms with E-state index >= 15 is 0 Å². The largest absolute Gasteiger partial charge is 0.450 e. The minimum absolute atomic E-state index is 0.708. The molecule has 0 fully saturated rings. The molecule has 0 saturated heterocycles. The van der Waals surface area contributed by atoms with Crippen molar-refractivity contribution in [1.82, 2.24) is 0 Å². The second-order valence-corrected chi connectivity index (χ2v) is 7.95. The zero-order valence-electron chi connectivity index (χ0n) is 19.7. The van der Waals surface area contributed by atoms with Gasteiger partial charge in [0.1, 0.15) is 0 Å². The zero-order valence-corrected chi connectivity index (χ0v) is 19.7. The molecule has 5 aromatic carbocycles. The first-order chi connectivity index (χ1) is 16.8. The Morgan fingerprint density at radius 3 is 1.97 bits per heavy atom. The van der Waals surface area contributed by atoms with Crippen molar-refractivity contribution >= 4 is 27.8 Å². The van der Waals surface area contributed by atoms with Crippen LogP contribution in [0.3, 0.4) is 0 Å². The average Bonchev–Trinajstić information content (AvgIpc) is 2.90. The first-order valence-electron chi connectivity index (χ1n) is 11.7. The molecule has 1 aliphatic rings. The molecular formula is C31H27NO2. The number of ether oxygens (including phenoxy) is 2. The third-order valence-corrected chi connectivity index (χ3v) is 5.75. The molecule has 168 valence electrons. The van der Waals surface area contributed by atoms with Crippen LogP contribution in [0.4, 0.5) is 17.1 Å². The molecule has 0 aliphatic carbocycles. The highest BCUT2D eigenvalue weighted by Crippen LogP contribution is 2.48. The van der Waals surface area contributed by atoms with Crippen LogP contribution in [0.1, 0.15) is 19.4 Å². The number of hydrogen-bond acceptors (Lipinski definition) is 3. The predicted molar refractivity (Wildman–Crippen MR) is 141 cm³/mol. The number of nitrogens with zero attached hydrogens (tertiary/aromatic N) is 1. The van der Waals surface area contributed by atoms with E-state index in [-0.39, 0.29) is 0 Å². The summed E-state index contributed by atoms with van der Waals surface area (Å²) >= 11 is 0. The Morgan fingerprint density at radius 2 is 1.18 bits per heavy atom. The summed E-state index contributed by atoms with van der Waals surface area (Å²) in [5.41, 5.74) is 4.34. The zero-order chi connectivity index (χ0) is 23.5. The van der Waals surface area contributed by atoms with Gasteiger partial charge < -0.3 is 14.4 Å². The molecule has 0 N–H and O–H groups in total. The first kappa shape index (κ1) is 21.6. The highest BCUT2D eigenvalue weighted by Gasteiger charge is 2.22. The van der Waals surface area contributed by atoms with Gasteiger partial charge in [-0.3, -0.25) is 0 Å². The summed E-state index contributed by atoms with van der Waals surface area (Å²) in [6.45, 7) is 6.05. The molecular weight excluding hydrogens is 418 g/mol. The number of hydrogen-bond donors (Lipinski definition) is 0. The molecule has 0 spiro atoms. The van der Waals surface area contributed by atoms with E-state index < -0.39 is 0 Å². The maximum Gasteiger partial charge on any atom is 0.172 e. The number of para-hydroxylation sites is 1. The van der Waals surface area contributed by atoms with Crippen molar-refractivity contribution in [2.24, 2.45) is 0 Å². The van der Waals surface area contributed by atoms with Crippen molar-refractivity contribution in [3.05, 3.63) is 115 Å². The summed E-state index contributed by atoms with van der Waals surface area (Å²) in [5, 5.41) is 2.39. The number of aryl methyl sites for hydroxylation is 1. The van der Waals surface area contributed by atoms with Crippen LogP contribution in [0, 0.1) is 6.92 Å². The van der Waals surface area contributed by atoms with Gasteiger partial charge >= 0.3 is 0 Å². The molecule has 3 heteroatoms. The van der Waals surface area contributed by atoms with Crippen LogP contribution in [0.25, 0.3) is 10.8 Å². The minimum Gasteiger partial charge on any atom is -0.450 e. The van der Waals surface area contributed by atoms with E-state index in [0.717, 1.165) is 39.9 Å². The van der Waals surface area contributed by atoms with E-state index in [9.17, 15) is 0 Å². The van der Waals surface area contributed by atoms with E-state index in [4.69, 9.17) is 9.47 Å². The van der Waals surface area contributed by atoms with Crippen LogP contribution in [-0.4, -0.2) is 0 Å². The maximum absolute atomic E-state index is 6.23. The maximum atomic E-state index is 6.23. The SMILES string of the molecule is CC.Cc1ccc2c(c1)Oc1ccc(N(c3ccccc3)c3cccc4ccccc34)cc1O2. The van der Waals surface area contributed by atoms with Gasteiger partial charge in [0.2, 0.25) is 0 Å². The Morgan fingerprint density at radius 1 is 0.529 bits per heavy atom. The van der Waals surface area contributed by atoms with E-state index in [1.165, 1.54) is 10.8 Å². The van der Waals surface area contributed by atoms with Gasteiger partial charge in [0, 0.05) is 17.1 Å². The van der Waals surface area contributed by atoms with Gasteiger partial charge in [-0.25, -0.2) is 0 Å². The summed E-state index contributed by atoms with van der Waals surface area (Å²) in [6.07, 6.45) is 0. The second-order valence-electron chi connectivity index (χ2n) is 7.95. The van der Waals surface area contributed by atoms with Crippen molar-refractivity contribution < 1.29 is 9.47 Å². The van der Waals surface area contributed by atoms with E-state index in [1.54, 1.807) is 0 Å².